The lowest BCUT2D eigenvalue weighted by Crippen LogP contribution is -2.38. The van der Waals surface area contributed by atoms with Crippen molar-refractivity contribution in [2.75, 3.05) is 25.1 Å². The molecule has 34 heavy (non-hydrogen) atoms. The van der Waals surface area contributed by atoms with E-state index >= 15 is 0 Å². The fourth-order valence-corrected chi connectivity index (χ4v) is 4.01. The maximum Gasteiger partial charge on any atom is 0.227 e. The van der Waals surface area contributed by atoms with E-state index in [1.807, 2.05) is 68.6 Å². The Bertz CT molecular complexity index is 993. The number of anilines is 1. The second kappa shape index (κ2) is 12.8. The Morgan fingerprint density at radius 1 is 0.971 bits per heavy atom. The van der Waals surface area contributed by atoms with Crippen LogP contribution in [0.5, 0.6) is 5.75 Å². The van der Waals surface area contributed by atoms with Crippen LogP contribution in [0.3, 0.4) is 0 Å². The van der Waals surface area contributed by atoms with Crippen molar-refractivity contribution in [1.82, 2.24) is 10.3 Å². The molecule has 0 saturated heterocycles. The molecule has 3 aromatic rings. The van der Waals surface area contributed by atoms with Crippen molar-refractivity contribution < 1.29 is 9.53 Å². The molecule has 3 rings (SSSR count). The highest BCUT2D eigenvalue weighted by molar-refractivity contribution is 5.83. The fraction of sp³-hybridized carbons (Fsp3) is 0.379. The molecule has 1 N–H and O–H groups in total. The third-order valence-corrected chi connectivity index (χ3v) is 6.17. The summed E-state index contributed by atoms with van der Waals surface area (Å²) < 4.78 is 5.98. The third kappa shape index (κ3) is 7.34. The molecule has 1 amide bonds. The predicted molar refractivity (Wildman–Crippen MR) is 139 cm³/mol. The number of nitrogens with zero attached hydrogens (tertiary/aromatic N) is 2. The standard InChI is InChI=1S/C29H37N3O2/c1-5-9-22(2)21-34-27-14-12-25(13-15-27)28(20-32(4)26-16-18-30-19-17-26)31-29(33)23(3)24-10-7-6-8-11-24/h6-8,10-19,22-23,28H,5,9,20-21H2,1-4H3,(H,31,33)/t22?,23-,28-/m0/s1. The van der Waals surface area contributed by atoms with Crippen LogP contribution in [-0.4, -0.2) is 31.1 Å². The van der Waals surface area contributed by atoms with E-state index in [2.05, 4.69) is 41.2 Å². The Hall–Kier alpha value is -3.34. The van der Waals surface area contributed by atoms with Crippen LogP contribution >= 0.6 is 0 Å². The number of amides is 1. The van der Waals surface area contributed by atoms with E-state index in [9.17, 15) is 4.79 Å². The topological polar surface area (TPSA) is 54.5 Å². The Labute approximate surface area is 204 Å². The van der Waals surface area contributed by atoms with Crippen LogP contribution in [0.1, 0.15) is 56.7 Å². The normalized spacial score (nSPS) is 13.5. The number of hydrogen-bond acceptors (Lipinski definition) is 4. The first-order valence-corrected chi connectivity index (χ1v) is 12.2. The summed E-state index contributed by atoms with van der Waals surface area (Å²) in [6, 6.07) is 21.8. The zero-order valence-electron chi connectivity index (χ0n) is 20.8. The summed E-state index contributed by atoms with van der Waals surface area (Å²) in [5, 5.41) is 3.28. The molecule has 0 fully saturated rings. The molecule has 0 aliphatic rings. The van der Waals surface area contributed by atoms with Crippen molar-refractivity contribution in [3.8, 4) is 5.75 Å². The Morgan fingerprint density at radius 2 is 1.65 bits per heavy atom. The molecule has 180 valence electrons. The van der Waals surface area contributed by atoms with E-state index < -0.39 is 0 Å². The minimum absolute atomic E-state index is 0.00745. The number of carbonyl (C=O) groups is 1. The number of rotatable bonds is 12. The second-order valence-electron chi connectivity index (χ2n) is 9.05. The van der Waals surface area contributed by atoms with E-state index in [-0.39, 0.29) is 17.9 Å². The quantitative estimate of drug-likeness (QED) is 0.361. The van der Waals surface area contributed by atoms with Gasteiger partial charge in [-0.1, -0.05) is 62.7 Å². The largest absolute Gasteiger partial charge is 0.493 e. The van der Waals surface area contributed by atoms with Crippen molar-refractivity contribution in [2.45, 2.75) is 45.6 Å². The van der Waals surface area contributed by atoms with Crippen molar-refractivity contribution in [2.24, 2.45) is 5.92 Å². The van der Waals surface area contributed by atoms with Gasteiger partial charge in [-0.2, -0.15) is 0 Å². The molecule has 2 aromatic carbocycles. The Kier molecular flexibility index (Phi) is 9.51. The highest BCUT2D eigenvalue weighted by Crippen LogP contribution is 2.23. The van der Waals surface area contributed by atoms with Crippen LogP contribution in [0, 0.1) is 5.92 Å². The first-order valence-electron chi connectivity index (χ1n) is 12.2. The number of hydrogen-bond donors (Lipinski definition) is 1. The van der Waals surface area contributed by atoms with Gasteiger partial charge < -0.3 is 15.0 Å². The van der Waals surface area contributed by atoms with Crippen LogP contribution in [-0.2, 0) is 4.79 Å². The first-order chi connectivity index (χ1) is 16.5. The van der Waals surface area contributed by atoms with Crippen LogP contribution in [0.25, 0.3) is 0 Å². The van der Waals surface area contributed by atoms with Crippen molar-refractivity contribution in [3.63, 3.8) is 0 Å². The smallest absolute Gasteiger partial charge is 0.227 e. The zero-order valence-corrected chi connectivity index (χ0v) is 20.8. The maximum absolute atomic E-state index is 13.2. The van der Waals surface area contributed by atoms with Crippen molar-refractivity contribution >= 4 is 11.6 Å². The van der Waals surface area contributed by atoms with Gasteiger partial charge in [0.15, 0.2) is 0 Å². The third-order valence-electron chi connectivity index (χ3n) is 6.17. The molecule has 5 heteroatoms. The molecule has 0 radical (unpaired) electrons. The van der Waals surface area contributed by atoms with Gasteiger partial charge in [-0.15, -0.1) is 0 Å². The fourth-order valence-electron chi connectivity index (χ4n) is 4.01. The number of pyridine rings is 1. The molecule has 1 aromatic heterocycles. The Balaban J connectivity index is 1.75. The van der Waals surface area contributed by atoms with E-state index in [1.54, 1.807) is 12.4 Å². The second-order valence-corrected chi connectivity index (χ2v) is 9.05. The van der Waals surface area contributed by atoms with Crippen LogP contribution in [0.2, 0.25) is 0 Å². The molecular weight excluding hydrogens is 422 g/mol. The molecule has 0 aliphatic carbocycles. The van der Waals surface area contributed by atoms with Gasteiger partial charge in [0.05, 0.1) is 18.6 Å². The molecule has 0 aliphatic heterocycles. The van der Waals surface area contributed by atoms with Gasteiger partial charge in [-0.3, -0.25) is 9.78 Å². The highest BCUT2D eigenvalue weighted by atomic mass is 16.5. The van der Waals surface area contributed by atoms with Gasteiger partial charge in [0, 0.05) is 31.7 Å². The van der Waals surface area contributed by atoms with Gasteiger partial charge in [-0.25, -0.2) is 0 Å². The number of benzene rings is 2. The molecular formula is C29H37N3O2. The van der Waals surface area contributed by atoms with Gasteiger partial charge in [0.1, 0.15) is 5.75 Å². The number of aromatic nitrogens is 1. The summed E-state index contributed by atoms with van der Waals surface area (Å²) in [7, 11) is 2.03. The Morgan fingerprint density at radius 3 is 2.29 bits per heavy atom. The predicted octanol–water partition coefficient (Wildman–Crippen LogP) is 5.99. The van der Waals surface area contributed by atoms with Crippen LogP contribution in [0.4, 0.5) is 5.69 Å². The van der Waals surface area contributed by atoms with Crippen LogP contribution < -0.4 is 15.0 Å². The molecule has 5 nitrogen and oxygen atoms in total. The molecule has 0 bridgehead atoms. The summed E-state index contributed by atoms with van der Waals surface area (Å²) in [6.07, 6.45) is 5.88. The summed E-state index contributed by atoms with van der Waals surface area (Å²) >= 11 is 0. The number of carbonyl (C=O) groups excluding carboxylic acids is 1. The number of nitrogens with one attached hydrogen (secondary N) is 1. The minimum Gasteiger partial charge on any atom is -0.493 e. The minimum atomic E-state index is -0.238. The number of likely N-dealkylation sites (N-methyl/N-ethyl adjacent to an activating group) is 1. The molecule has 0 spiro atoms. The first kappa shape index (κ1) is 25.3. The maximum atomic E-state index is 13.2. The van der Waals surface area contributed by atoms with Crippen molar-refractivity contribution in [3.05, 3.63) is 90.3 Å². The lowest BCUT2D eigenvalue weighted by Gasteiger charge is -2.28. The molecule has 3 atom stereocenters. The van der Waals surface area contributed by atoms with Gasteiger partial charge >= 0.3 is 0 Å². The van der Waals surface area contributed by atoms with Gasteiger partial charge in [0.2, 0.25) is 5.91 Å². The van der Waals surface area contributed by atoms with Crippen molar-refractivity contribution in [1.29, 1.82) is 0 Å². The average Bonchev–Trinajstić information content (AvgIpc) is 2.88. The van der Waals surface area contributed by atoms with Gasteiger partial charge in [0.25, 0.3) is 0 Å². The molecule has 1 unspecified atom stereocenters. The highest BCUT2D eigenvalue weighted by Gasteiger charge is 2.22. The molecule has 0 saturated carbocycles. The number of ether oxygens (including phenoxy) is 1. The molecule has 1 heterocycles. The SMILES string of the molecule is CCCC(C)COc1ccc([C@H](CN(C)c2ccncc2)NC(=O)[C@@H](C)c2ccccc2)cc1. The van der Waals surface area contributed by atoms with E-state index in [1.165, 1.54) is 0 Å². The summed E-state index contributed by atoms with van der Waals surface area (Å²) in [5.74, 6) is 1.16. The lowest BCUT2D eigenvalue weighted by molar-refractivity contribution is -0.122. The van der Waals surface area contributed by atoms with E-state index in [0.29, 0.717) is 19.1 Å². The lowest BCUT2D eigenvalue weighted by atomic mass is 9.99. The zero-order chi connectivity index (χ0) is 24.3. The van der Waals surface area contributed by atoms with E-state index in [4.69, 9.17) is 4.74 Å². The van der Waals surface area contributed by atoms with Gasteiger partial charge in [-0.05, 0) is 54.7 Å². The summed E-state index contributed by atoms with van der Waals surface area (Å²) in [6.45, 7) is 7.70. The summed E-state index contributed by atoms with van der Waals surface area (Å²) in [4.78, 5) is 19.4. The summed E-state index contributed by atoms with van der Waals surface area (Å²) in [5.41, 5.74) is 3.10. The van der Waals surface area contributed by atoms with Crippen LogP contribution in [0.15, 0.2) is 79.1 Å². The van der Waals surface area contributed by atoms with E-state index in [0.717, 1.165) is 35.4 Å². The monoisotopic (exact) mass is 459 g/mol. The average molecular weight is 460 g/mol.